The number of hydrogen-bond acceptors (Lipinski definition) is 4. The van der Waals surface area contributed by atoms with Gasteiger partial charge in [-0.15, -0.1) is 0 Å². The highest BCUT2D eigenvalue weighted by Gasteiger charge is 2.25. The first-order valence-corrected chi connectivity index (χ1v) is 8.48. The average molecular weight is 350 g/mol. The highest BCUT2D eigenvalue weighted by Crippen LogP contribution is 2.24. The molecule has 0 bridgehead atoms. The summed E-state index contributed by atoms with van der Waals surface area (Å²) in [5.41, 5.74) is -0.688. The van der Waals surface area contributed by atoms with E-state index >= 15 is 0 Å². The Kier molecular flexibility index (Phi) is 8.11. The molecule has 0 aliphatic heterocycles. The lowest BCUT2D eigenvalue weighted by Crippen LogP contribution is -2.23. The third-order valence-corrected chi connectivity index (χ3v) is 4.14. The van der Waals surface area contributed by atoms with Crippen molar-refractivity contribution < 1.29 is 29.3 Å². The number of aromatic carboxylic acids is 1. The SMILES string of the molecule is CC(C)(CCCCCCCOC(=O)c1ccccc1C(=O)O)C(=O)O. The lowest BCUT2D eigenvalue weighted by molar-refractivity contribution is -0.147. The number of hydrogen-bond donors (Lipinski definition) is 2. The van der Waals surface area contributed by atoms with Crippen LogP contribution >= 0.6 is 0 Å². The summed E-state index contributed by atoms with van der Waals surface area (Å²) < 4.78 is 5.13. The van der Waals surface area contributed by atoms with Gasteiger partial charge in [0.05, 0.1) is 23.1 Å². The van der Waals surface area contributed by atoms with Crippen molar-refractivity contribution in [3.05, 3.63) is 35.4 Å². The Bertz CT molecular complexity index is 606. The van der Waals surface area contributed by atoms with E-state index in [0.717, 1.165) is 25.7 Å². The number of esters is 1. The van der Waals surface area contributed by atoms with Crippen molar-refractivity contribution in [2.75, 3.05) is 6.61 Å². The molecule has 6 heteroatoms. The Morgan fingerprint density at radius 2 is 1.48 bits per heavy atom. The van der Waals surface area contributed by atoms with Gasteiger partial charge in [-0.3, -0.25) is 4.79 Å². The van der Waals surface area contributed by atoms with Crippen LogP contribution in [0.3, 0.4) is 0 Å². The van der Waals surface area contributed by atoms with Gasteiger partial charge in [0.1, 0.15) is 0 Å². The Balaban J connectivity index is 2.21. The van der Waals surface area contributed by atoms with Crippen molar-refractivity contribution in [1.82, 2.24) is 0 Å². The van der Waals surface area contributed by atoms with E-state index in [1.165, 1.54) is 12.1 Å². The van der Waals surface area contributed by atoms with Gasteiger partial charge < -0.3 is 14.9 Å². The van der Waals surface area contributed by atoms with Crippen LogP contribution < -0.4 is 0 Å². The Hall–Kier alpha value is -2.37. The zero-order chi connectivity index (χ0) is 18.9. The number of carboxylic acid groups (broad SMARTS) is 2. The fourth-order valence-corrected chi connectivity index (χ4v) is 2.40. The zero-order valence-corrected chi connectivity index (χ0v) is 14.8. The van der Waals surface area contributed by atoms with Gasteiger partial charge in [-0.25, -0.2) is 9.59 Å². The molecule has 0 saturated carbocycles. The molecule has 1 rings (SSSR count). The van der Waals surface area contributed by atoms with Gasteiger partial charge in [0.25, 0.3) is 0 Å². The number of aliphatic carboxylic acids is 1. The molecule has 138 valence electrons. The first-order valence-electron chi connectivity index (χ1n) is 8.48. The number of rotatable bonds is 11. The molecule has 1 aromatic rings. The number of benzene rings is 1. The highest BCUT2D eigenvalue weighted by atomic mass is 16.5. The minimum absolute atomic E-state index is 0.0610. The van der Waals surface area contributed by atoms with Crippen molar-refractivity contribution >= 4 is 17.9 Å². The minimum Gasteiger partial charge on any atom is -0.481 e. The molecule has 6 nitrogen and oxygen atoms in total. The molecule has 0 amide bonds. The smallest absolute Gasteiger partial charge is 0.339 e. The van der Waals surface area contributed by atoms with E-state index in [-0.39, 0.29) is 17.7 Å². The zero-order valence-electron chi connectivity index (χ0n) is 14.8. The van der Waals surface area contributed by atoms with Crippen LogP contribution in [-0.2, 0) is 9.53 Å². The maximum absolute atomic E-state index is 11.9. The van der Waals surface area contributed by atoms with Gasteiger partial charge in [-0.1, -0.05) is 37.8 Å². The topological polar surface area (TPSA) is 101 Å². The largest absolute Gasteiger partial charge is 0.481 e. The second kappa shape index (κ2) is 9.81. The van der Waals surface area contributed by atoms with Crippen molar-refractivity contribution in [3.8, 4) is 0 Å². The summed E-state index contributed by atoms with van der Waals surface area (Å²) in [5.74, 6) is -2.56. The predicted molar refractivity (Wildman–Crippen MR) is 92.8 cm³/mol. The van der Waals surface area contributed by atoms with Crippen molar-refractivity contribution in [1.29, 1.82) is 0 Å². The van der Waals surface area contributed by atoms with Gasteiger partial charge >= 0.3 is 17.9 Å². The molecule has 0 unspecified atom stereocenters. The lowest BCUT2D eigenvalue weighted by Gasteiger charge is -2.18. The minimum atomic E-state index is -1.16. The van der Waals surface area contributed by atoms with Gasteiger partial charge in [0.2, 0.25) is 0 Å². The van der Waals surface area contributed by atoms with Crippen LogP contribution in [0, 0.1) is 5.41 Å². The van der Waals surface area contributed by atoms with E-state index in [1.807, 2.05) is 0 Å². The normalized spacial score (nSPS) is 11.1. The van der Waals surface area contributed by atoms with Crippen LogP contribution in [-0.4, -0.2) is 34.7 Å². The number of carbonyl (C=O) groups excluding carboxylic acids is 1. The molecule has 0 fully saturated rings. The van der Waals surface area contributed by atoms with Crippen LogP contribution in [0.15, 0.2) is 24.3 Å². The van der Waals surface area contributed by atoms with E-state index in [4.69, 9.17) is 14.9 Å². The first-order chi connectivity index (χ1) is 11.8. The van der Waals surface area contributed by atoms with Crippen molar-refractivity contribution in [3.63, 3.8) is 0 Å². The van der Waals surface area contributed by atoms with E-state index < -0.39 is 23.3 Å². The molecule has 0 aliphatic carbocycles. The number of carbonyl (C=O) groups is 3. The second-order valence-electron chi connectivity index (χ2n) is 6.69. The average Bonchev–Trinajstić information content (AvgIpc) is 2.56. The first kappa shape index (κ1) is 20.7. The molecular formula is C19H26O6. The highest BCUT2D eigenvalue weighted by molar-refractivity contribution is 6.02. The van der Waals surface area contributed by atoms with E-state index in [2.05, 4.69) is 0 Å². The third-order valence-electron chi connectivity index (χ3n) is 4.14. The maximum atomic E-state index is 11.9. The molecule has 0 aliphatic rings. The summed E-state index contributed by atoms with van der Waals surface area (Å²) in [6.07, 6.45) is 4.95. The van der Waals surface area contributed by atoms with Gasteiger partial charge in [0.15, 0.2) is 0 Å². The number of ether oxygens (including phenoxy) is 1. The van der Waals surface area contributed by atoms with E-state index in [9.17, 15) is 14.4 Å². The quantitative estimate of drug-likeness (QED) is 0.462. The summed E-state index contributed by atoms with van der Waals surface area (Å²) in [6.45, 7) is 3.70. The Morgan fingerprint density at radius 3 is 2.08 bits per heavy atom. The monoisotopic (exact) mass is 350 g/mol. The number of carboxylic acids is 2. The molecule has 0 atom stereocenters. The van der Waals surface area contributed by atoms with Crippen LogP contribution in [0.1, 0.15) is 73.1 Å². The molecule has 0 heterocycles. The maximum Gasteiger partial charge on any atom is 0.339 e. The standard InChI is InChI=1S/C19H26O6/c1-19(2,18(23)24)12-8-4-3-5-9-13-25-17(22)15-11-7-6-10-14(15)16(20)21/h6-7,10-11H,3-5,8-9,12-13H2,1-2H3,(H,20,21)(H,23,24). The number of unbranched alkanes of at least 4 members (excludes halogenated alkanes) is 4. The molecule has 1 aromatic carbocycles. The Labute approximate surface area is 147 Å². The van der Waals surface area contributed by atoms with E-state index in [0.29, 0.717) is 12.8 Å². The van der Waals surface area contributed by atoms with Crippen molar-refractivity contribution in [2.24, 2.45) is 5.41 Å². The Morgan fingerprint density at radius 1 is 0.920 bits per heavy atom. The fraction of sp³-hybridized carbons (Fsp3) is 0.526. The van der Waals surface area contributed by atoms with Crippen LogP contribution in [0.2, 0.25) is 0 Å². The van der Waals surface area contributed by atoms with Gasteiger partial charge in [-0.2, -0.15) is 0 Å². The van der Waals surface area contributed by atoms with Gasteiger partial charge in [0, 0.05) is 0 Å². The molecule has 0 saturated heterocycles. The van der Waals surface area contributed by atoms with E-state index in [1.54, 1.807) is 26.0 Å². The second-order valence-corrected chi connectivity index (χ2v) is 6.69. The summed E-state index contributed by atoms with van der Waals surface area (Å²) in [6, 6.07) is 5.97. The van der Waals surface area contributed by atoms with Crippen LogP contribution in [0.25, 0.3) is 0 Å². The summed E-state index contributed by atoms with van der Waals surface area (Å²) in [7, 11) is 0. The summed E-state index contributed by atoms with van der Waals surface area (Å²) >= 11 is 0. The molecule has 0 radical (unpaired) electrons. The van der Waals surface area contributed by atoms with Crippen molar-refractivity contribution in [2.45, 2.75) is 52.4 Å². The fourth-order valence-electron chi connectivity index (χ4n) is 2.40. The van der Waals surface area contributed by atoms with Gasteiger partial charge in [-0.05, 0) is 38.8 Å². The summed E-state index contributed by atoms with van der Waals surface area (Å²) in [5, 5.41) is 18.1. The molecule has 0 spiro atoms. The summed E-state index contributed by atoms with van der Waals surface area (Å²) in [4.78, 5) is 34.0. The molecular weight excluding hydrogens is 324 g/mol. The lowest BCUT2D eigenvalue weighted by atomic mass is 9.87. The third kappa shape index (κ3) is 6.95. The molecule has 0 aromatic heterocycles. The molecule has 2 N–H and O–H groups in total. The van der Waals surface area contributed by atoms with Crippen LogP contribution in [0.5, 0.6) is 0 Å². The van der Waals surface area contributed by atoms with Crippen LogP contribution in [0.4, 0.5) is 0 Å². The predicted octanol–water partition coefficient (Wildman–Crippen LogP) is 3.99. The molecule has 25 heavy (non-hydrogen) atoms.